The molecule has 0 aliphatic rings. The number of pyridine rings is 1. The molecule has 0 atom stereocenters. The highest BCUT2D eigenvalue weighted by Gasteiger charge is 2.10. The van der Waals surface area contributed by atoms with Crippen LogP contribution in [-0.2, 0) is 6.61 Å². The van der Waals surface area contributed by atoms with E-state index >= 15 is 0 Å². The van der Waals surface area contributed by atoms with Crippen molar-refractivity contribution in [3.05, 3.63) is 53.9 Å². The average Bonchev–Trinajstić information content (AvgIpc) is 2.45. The van der Waals surface area contributed by atoms with Crippen LogP contribution in [0.3, 0.4) is 0 Å². The van der Waals surface area contributed by atoms with Gasteiger partial charge in [-0.25, -0.2) is 0 Å². The third-order valence-corrected chi connectivity index (χ3v) is 2.67. The van der Waals surface area contributed by atoms with Crippen LogP contribution in [0.15, 0.2) is 42.6 Å². The summed E-state index contributed by atoms with van der Waals surface area (Å²) in [5.41, 5.74) is 1.34. The molecule has 0 saturated heterocycles. The molecule has 98 valence electrons. The Balaban J connectivity index is 2.20. The minimum atomic E-state index is -0.0429. The Labute approximate surface area is 112 Å². The number of methoxy groups -OCH3 is 1. The van der Waals surface area contributed by atoms with E-state index in [-0.39, 0.29) is 5.78 Å². The fraction of sp³-hybridized carbons (Fsp3) is 0.200. The number of rotatable bonds is 5. The molecular formula is C15H15NO3. The lowest BCUT2D eigenvalue weighted by Gasteiger charge is -2.11. The zero-order valence-corrected chi connectivity index (χ0v) is 10.9. The molecule has 0 fully saturated rings. The van der Waals surface area contributed by atoms with Crippen LogP contribution in [0.5, 0.6) is 11.5 Å². The second-order valence-electron chi connectivity index (χ2n) is 4.03. The lowest BCUT2D eigenvalue weighted by molar-refractivity contribution is 0.101. The molecule has 0 radical (unpaired) electrons. The standard InChI is InChI=1S/C15H15NO3/c1-11(17)14-7-6-13(18-2)9-15(14)19-10-12-5-3-4-8-16-12/h3-9H,10H2,1-2H3. The average molecular weight is 257 g/mol. The summed E-state index contributed by atoms with van der Waals surface area (Å²) < 4.78 is 10.8. The van der Waals surface area contributed by atoms with E-state index in [4.69, 9.17) is 9.47 Å². The van der Waals surface area contributed by atoms with Gasteiger partial charge in [-0.2, -0.15) is 0 Å². The monoisotopic (exact) mass is 257 g/mol. The van der Waals surface area contributed by atoms with Gasteiger partial charge in [0.05, 0.1) is 18.4 Å². The Morgan fingerprint density at radius 2 is 2.11 bits per heavy atom. The lowest BCUT2D eigenvalue weighted by atomic mass is 10.1. The summed E-state index contributed by atoms with van der Waals surface area (Å²) in [5, 5.41) is 0. The normalized spacial score (nSPS) is 10.0. The highest BCUT2D eigenvalue weighted by atomic mass is 16.5. The van der Waals surface area contributed by atoms with Crippen LogP contribution >= 0.6 is 0 Å². The summed E-state index contributed by atoms with van der Waals surface area (Å²) in [4.78, 5) is 15.7. The smallest absolute Gasteiger partial charge is 0.163 e. The van der Waals surface area contributed by atoms with Gasteiger partial charge in [-0.15, -0.1) is 0 Å². The van der Waals surface area contributed by atoms with Crippen molar-refractivity contribution in [2.45, 2.75) is 13.5 Å². The molecule has 0 spiro atoms. The van der Waals surface area contributed by atoms with E-state index in [1.165, 1.54) is 6.92 Å². The Hall–Kier alpha value is -2.36. The quantitative estimate of drug-likeness (QED) is 0.773. The number of benzene rings is 1. The summed E-state index contributed by atoms with van der Waals surface area (Å²) in [5.74, 6) is 1.12. The highest BCUT2D eigenvalue weighted by molar-refractivity contribution is 5.97. The number of hydrogen-bond donors (Lipinski definition) is 0. The van der Waals surface area contributed by atoms with E-state index in [0.717, 1.165) is 5.69 Å². The largest absolute Gasteiger partial charge is 0.497 e. The molecule has 0 N–H and O–H groups in total. The summed E-state index contributed by atoms with van der Waals surface area (Å²) in [6.07, 6.45) is 1.70. The van der Waals surface area contributed by atoms with Crippen LogP contribution in [0.25, 0.3) is 0 Å². The minimum absolute atomic E-state index is 0.0429. The van der Waals surface area contributed by atoms with Gasteiger partial charge in [-0.05, 0) is 31.2 Å². The van der Waals surface area contributed by atoms with Crippen LogP contribution in [0.2, 0.25) is 0 Å². The van der Waals surface area contributed by atoms with Gasteiger partial charge < -0.3 is 9.47 Å². The zero-order valence-electron chi connectivity index (χ0n) is 10.9. The first-order valence-electron chi connectivity index (χ1n) is 5.92. The minimum Gasteiger partial charge on any atom is -0.497 e. The third kappa shape index (κ3) is 3.31. The molecule has 1 aromatic heterocycles. The molecule has 0 amide bonds. The maximum Gasteiger partial charge on any atom is 0.163 e. The SMILES string of the molecule is COc1ccc(C(C)=O)c(OCc2ccccn2)c1. The Morgan fingerprint density at radius 1 is 1.26 bits per heavy atom. The molecule has 19 heavy (non-hydrogen) atoms. The van der Waals surface area contributed by atoms with Crippen molar-refractivity contribution in [2.75, 3.05) is 7.11 Å². The van der Waals surface area contributed by atoms with Crippen LogP contribution in [0.1, 0.15) is 23.0 Å². The Morgan fingerprint density at radius 3 is 2.74 bits per heavy atom. The topological polar surface area (TPSA) is 48.4 Å². The molecule has 0 saturated carbocycles. The fourth-order valence-electron chi connectivity index (χ4n) is 1.68. The van der Waals surface area contributed by atoms with Crippen molar-refractivity contribution in [1.82, 2.24) is 4.98 Å². The molecule has 1 aromatic carbocycles. The first kappa shape index (κ1) is 13.1. The predicted octanol–water partition coefficient (Wildman–Crippen LogP) is 2.87. The van der Waals surface area contributed by atoms with Gasteiger partial charge in [0.15, 0.2) is 5.78 Å². The predicted molar refractivity (Wildman–Crippen MR) is 71.6 cm³/mol. The Bertz CT molecular complexity index is 567. The van der Waals surface area contributed by atoms with E-state index in [1.54, 1.807) is 31.5 Å². The van der Waals surface area contributed by atoms with Crippen LogP contribution in [0.4, 0.5) is 0 Å². The molecule has 0 aliphatic heterocycles. The third-order valence-electron chi connectivity index (χ3n) is 2.67. The van der Waals surface area contributed by atoms with Gasteiger partial charge >= 0.3 is 0 Å². The van der Waals surface area contributed by atoms with E-state index in [1.807, 2.05) is 18.2 Å². The van der Waals surface area contributed by atoms with E-state index < -0.39 is 0 Å². The van der Waals surface area contributed by atoms with E-state index in [9.17, 15) is 4.79 Å². The van der Waals surface area contributed by atoms with Gasteiger partial charge in [0.2, 0.25) is 0 Å². The lowest BCUT2D eigenvalue weighted by Crippen LogP contribution is -2.03. The number of ketones is 1. The van der Waals surface area contributed by atoms with Crippen molar-refractivity contribution >= 4 is 5.78 Å². The molecule has 0 bridgehead atoms. The summed E-state index contributed by atoms with van der Waals surface area (Å²) in [6, 6.07) is 10.8. The van der Waals surface area contributed by atoms with Crippen LogP contribution < -0.4 is 9.47 Å². The molecule has 1 heterocycles. The van der Waals surface area contributed by atoms with Crippen molar-refractivity contribution in [3.63, 3.8) is 0 Å². The van der Waals surface area contributed by atoms with Gasteiger partial charge in [0.1, 0.15) is 18.1 Å². The van der Waals surface area contributed by atoms with Gasteiger partial charge in [0.25, 0.3) is 0 Å². The number of ether oxygens (including phenoxy) is 2. The number of carbonyl (C=O) groups is 1. The second kappa shape index (κ2) is 6.00. The fourth-order valence-corrected chi connectivity index (χ4v) is 1.68. The first-order valence-corrected chi connectivity index (χ1v) is 5.92. The number of aromatic nitrogens is 1. The van der Waals surface area contributed by atoms with E-state index in [0.29, 0.717) is 23.7 Å². The maximum absolute atomic E-state index is 11.5. The summed E-state index contributed by atoms with van der Waals surface area (Å²) in [7, 11) is 1.57. The molecule has 0 aliphatic carbocycles. The first-order chi connectivity index (χ1) is 9.20. The number of nitrogens with zero attached hydrogens (tertiary/aromatic N) is 1. The molecule has 4 heteroatoms. The molecule has 2 aromatic rings. The van der Waals surface area contributed by atoms with Gasteiger partial charge in [-0.1, -0.05) is 6.07 Å². The number of carbonyl (C=O) groups excluding carboxylic acids is 1. The van der Waals surface area contributed by atoms with Crippen LogP contribution in [-0.4, -0.2) is 17.9 Å². The molecule has 0 unspecified atom stereocenters. The van der Waals surface area contributed by atoms with Crippen molar-refractivity contribution < 1.29 is 14.3 Å². The highest BCUT2D eigenvalue weighted by Crippen LogP contribution is 2.25. The summed E-state index contributed by atoms with van der Waals surface area (Å²) >= 11 is 0. The van der Waals surface area contributed by atoms with Crippen molar-refractivity contribution in [1.29, 1.82) is 0 Å². The van der Waals surface area contributed by atoms with Crippen LogP contribution in [0, 0.1) is 0 Å². The van der Waals surface area contributed by atoms with Crippen molar-refractivity contribution in [2.24, 2.45) is 0 Å². The van der Waals surface area contributed by atoms with Crippen molar-refractivity contribution in [3.8, 4) is 11.5 Å². The van der Waals surface area contributed by atoms with E-state index in [2.05, 4.69) is 4.98 Å². The van der Waals surface area contributed by atoms with Gasteiger partial charge in [-0.3, -0.25) is 9.78 Å². The molecule has 2 rings (SSSR count). The number of hydrogen-bond acceptors (Lipinski definition) is 4. The zero-order chi connectivity index (χ0) is 13.7. The molecule has 4 nitrogen and oxygen atoms in total. The second-order valence-corrected chi connectivity index (χ2v) is 4.03. The summed E-state index contributed by atoms with van der Waals surface area (Å²) in [6.45, 7) is 1.82. The molecular weight excluding hydrogens is 242 g/mol. The Kier molecular flexibility index (Phi) is 4.13. The maximum atomic E-state index is 11.5. The van der Waals surface area contributed by atoms with Gasteiger partial charge in [0, 0.05) is 12.3 Å². The number of Topliss-reactive ketones (excluding diaryl/α,β-unsaturated/α-hetero) is 1.